The van der Waals surface area contributed by atoms with Gasteiger partial charge in [-0.15, -0.1) is 0 Å². The Balaban J connectivity index is 1.57. The minimum absolute atomic E-state index is 0.0755. The van der Waals surface area contributed by atoms with E-state index >= 15 is 0 Å². The van der Waals surface area contributed by atoms with E-state index in [1.807, 2.05) is 0 Å². The van der Waals surface area contributed by atoms with Crippen molar-refractivity contribution in [3.63, 3.8) is 0 Å². The van der Waals surface area contributed by atoms with E-state index in [-0.39, 0.29) is 5.56 Å². The van der Waals surface area contributed by atoms with Crippen molar-refractivity contribution in [1.82, 2.24) is 5.32 Å². The highest BCUT2D eigenvalue weighted by Crippen LogP contribution is 2.28. The highest BCUT2D eigenvalue weighted by Gasteiger charge is 2.20. The highest BCUT2D eigenvalue weighted by molar-refractivity contribution is 5.23. The first-order valence-corrected chi connectivity index (χ1v) is 6.41. The number of rotatable bonds is 8. The molecule has 0 atom stereocenters. The summed E-state index contributed by atoms with van der Waals surface area (Å²) < 4.78 is 30.1. The van der Waals surface area contributed by atoms with Crippen molar-refractivity contribution >= 4 is 0 Å². The normalized spacial score (nSPS) is 15.3. The van der Waals surface area contributed by atoms with Crippen molar-refractivity contribution in [2.75, 3.05) is 19.8 Å². The van der Waals surface area contributed by atoms with Gasteiger partial charge in [0.2, 0.25) is 0 Å². The predicted molar refractivity (Wildman–Crippen MR) is 66.6 cm³/mol. The lowest BCUT2D eigenvalue weighted by Gasteiger charge is -2.06. The Labute approximate surface area is 106 Å². The Morgan fingerprint density at radius 3 is 2.56 bits per heavy atom. The maximum Gasteiger partial charge on any atom is 0.263 e. The maximum atomic E-state index is 12.3. The number of nitrogens with one attached hydrogen (secondary N) is 1. The van der Waals surface area contributed by atoms with Crippen LogP contribution in [0.5, 0.6) is 0 Å². The second kappa shape index (κ2) is 6.81. The van der Waals surface area contributed by atoms with E-state index in [9.17, 15) is 8.78 Å². The lowest BCUT2D eigenvalue weighted by atomic mass is 10.1. The molecular formula is C14H19F2NO. The number of halogens is 2. The SMILES string of the molecule is FC(F)c1ccc(CNCCOCC2CC2)cc1. The van der Waals surface area contributed by atoms with Crippen molar-refractivity contribution in [2.45, 2.75) is 25.8 Å². The molecule has 18 heavy (non-hydrogen) atoms. The molecule has 1 fully saturated rings. The molecule has 0 amide bonds. The van der Waals surface area contributed by atoms with Gasteiger partial charge in [-0.2, -0.15) is 0 Å². The lowest BCUT2D eigenvalue weighted by Crippen LogP contribution is -2.19. The monoisotopic (exact) mass is 255 g/mol. The van der Waals surface area contributed by atoms with Gasteiger partial charge in [0.25, 0.3) is 6.43 Å². The summed E-state index contributed by atoms with van der Waals surface area (Å²) in [5, 5.41) is 3.23. The minimum atomic E-state index is -2.39. The molecular weight excluding hydrogens is 236 g/mol. The molecule has 0 spiro atoms. The fourth-order valence-electron chi connectivity index (χ4n) is 1.69. The second-order valence-corrected chi connectivity index (χ2v) is 4.74. The van der Waals surface area contributed by atoms with Crippen LogP contribution in [0.3, 0.4) is 0 Å². The number of hydrogen-bond donors (Lipinski definition) is 1. The molecule has 1 aliphatic rings. The minimum Gasteiger partial charge on any atom is -0.380 e. The third-order valence-corrected chi connectivity index (χ3v) is 3.03. The second-order valence-electron chi connectivity index (χ2n) is 4.74. The molecule has 1 aromatic carbocycles. The third kappa shape index (κ3) is 4.70. The number of ether oxygens (including phenoxy) is 1. The van der Waals surface area contributed by atoms with Gasteiger partial charge in [0, 0.05) is 25.3 Å². The van der Waals surface area contributed by atoms with Crippen LogP contribution >= 0.6 is 0 Å². The molecule has 2 nitrogen and oxygen atoms in total. The van der Waals surface area contributed by atoms with Crippen LogP contribution in [0.1, 0.15) is 30.4 Å². The van der Waals surface area contributed by atoms with Crippen molar-refractivity contribution < 1.29 is 13.5 Å². The molecule has 1 aliphatic carbocycles. The van der Waals surface area contributed by atoms with E-state index in [4.69, 9.17) is 4.74 Å². The van der Waals surface area contributed by atoms with Crippen LogP contribution in [0.4, 0.5) is 8.78 Å². The average Bonchev–Trinajstić information content (AvgIpc) is 3.18. The van der Waals surface area contributed by atoms with Crippen LogP contribution in [0.15, 0.2) is 24.3 Å². The van der Waals surface area contributed by atoms with Gasteiger partial charge < -0.3 is 10.1 Å². The van der Waals surface area contributed by atoms with Gasteiger partial charge >= 0.3 is 0 Å². The summed E-state index contributed by atoms with van der Waals surface area (Å²) in [4.78, 5) is 0. The lowest BCUT2D eigenvalue weighted by molar-refractivity contribution is 0.126. The summed E-state index contributed by atoms with van der Waals surface area (Å²) >= 11 is 0. The summed E-state index contributed by atoms with van der Waals surface area (Å²) in [6.07, 6.45) is 0.233. The summed E-state index contributed by atoms with van der Waals surface area (Å²) in [6, 6.07) is 6.43. The van der Waals surface area contributed by atoms with Crippen molar-refractivity contribution in [3.8, 4) is 0 Å². The highest BCUT2D eigenvalue weighted by atomic mass is 19.3. The van der Waals surface area contributed by atoms with E-state index < -0.39 is 6.43 Å². The standard InChI is InChI=1S/C14H19F2NO/c15-14(16)13-5-3-11(4-6-13)9-17-7-8-18-10-12-1-2-12/h3-6,12,14,17H,1-2,7-10H2. The fourth-order valence-corrected chi connectivity index (χ4v) is 1.69. The van der Waals surface area contributed by atoms with Crippen LogP contribution in [0.25, 0.3) is 0 Å². The first-order chi connectivity index (χ1) is 8.75. The number of hydrogen-bond acceptors (Lipinski definition) is 2. The molecule has 0 unspecified atom stereocenters. The van der Waals surface area contributed by atoms with Crippen LogP contribution < -0.4 is 5.32 Å². The third-order valence-electron chi connectivity index (χ3n) is 3.03. The zero-order valence-corrected chi connectivity index (χ0v) is 10.4. The van der Waals surface area contributed by atoms with Crippen molar-refractivity contribution in [2.24, 2.45) is 5.92 Å². The Morgan fingerprint density at radius 2 is 1.94 bits per heavy atom. The molecule has 0 aromatic heterocycles. The quantitative estimate of drug-likeness (QED) is 0.720. The molecule has 1 saturated carbocycles. The largest absolute Gasteiger partial charge is 0.380 e. The molecule has 100 valence electrons. The van der Waals surface area contributed by atoms with Crippen molar-refractivity contribution in [3.05, 3.63) is 35.4 Å². The molecule has 1 aromatic rings. The first-order valence-electron chi connectivity index (χ1n) is 6.41. The van der Waals surface area contributed by atoms with Crippen LogP contribution in [-0.2, 0) is 11.3 Å². The van der Waals surface area contributed by atoms with E-state index in [0.29, 0.717) is 13.2 Å². The summed E-state index contributed by atoms with van der Waals surface area (Å²) in [5.41, 5.74) is 1.09. The summed E-state index contributed by atoms with van der Waals surface area (Å²) in [5.74, 6) is 0.798. The molecule has 0 saturated heterocycles. The Hall–Kier alpha value is -1.00. The smallest absolute Gasteiger partial charge is 0.263 e. The predicted octanol–water partition coefficient (Wildman–Crippen LogP) is 3.14. The molecule has 0 bridgehead atoms. The summed E-state index contributed by atoms with van der Waals surface area (Å²) in [6.45, 7) is 3.08. The van der Waals surface area contributed by atoms with Crippen LogP contribution in [0.2, 0.25) is 0 Å². The van der Waals surface area contributed by atoms with Gasteiger partial charge in [-0.3, -0.25) is 0 Å². The zero-order chi connectivity index (χ0) is 12.8. The summed E-state index contributed by atoms with van der Waals surface area (Å²) in [7, 11) is 0. The van der Waals surface area contributed by atoms with Gasteiger partial charge in [0.15, 0.2) is 0 Å². The van der Waals surface area contributed by atoms with Gasteiger partial charge in [-0.05, 0) is 24.3 Å². The van der Waals surface area contributed by atoms with Gasteiger partial charge in [-0.25, -0.2) is 8.78 Å². The van der Waals surface area contributed by atoms with Crippen LogP contribution in [-0.4, -0.2) is 19.8 Å². The molecule has 2 rings (SSSR count). The van der Waals surface area contributed by atoms with E-state index in [1.54, 1.807) is 12.1 Å². The molecule has 0 aliphatic heterocycles. The van der Waals surface area contributed by atoms with E-state index in [2.05, 4.69) is 5.32 Å². The Kier molecular flexibility index (Phi) is 5.08. The number of benzene rings is 1. The average molecular weight is 255 g/mol. The van der Waals surface area contributed by atoms with Crippen LogP contribution in [0, 0.1) is 5.92 Å². The number of alkyl halides is 2. The topological polar surface area (TPSA) is 21.3 Å². The molecule has 1 N–H and O–H groups in total. The van der Waals surface area contributed by atoms with Crippen molar-refractivity contribution in [1.29, 1.82) is 0 Å². The maximum absolute atomic E-state index is 12.3. The molecule has 0 heterocycles. The van der Waals surface area contributed by atoms with Gasteiger partial charge in [0.05, 0.1) is 6.61 Å². The fraction of sp³-hybridized carbons (Fsp3) is 0.571. The van der Waals surface area contributed by atoms with Gasteiger partial charge in [-0.1, -0.05) is 24.3 Å². The van der Waals surface area contributed by atoms with Gasteiger partial charge in [0.1, 0.15) is 0 Å². The Morgan fingerprint density at radius 1 is 1.22 bits per heavy atom. The van der Waals surface area contributed by atoms with E-state index in [0.717, 1.165) is 24.6 Å². The first kappa shape index (κ1) is 13.4. The molecule has 0 radical (unpaired) electrons. The Bertz CT molecular complexity index is 349. The zero-order valence-electron chi connectivity index (χ0n) is 10.4. The van der Waals surface area contributed by atoms with E-state index in [1.165, 1.54) is 25.0 Å². The molecule has 4 heteroatoms.